The number of rotatable bonds is 4. The van der Waals surface area contributed by atoms with Crippen molar-refractivity contribution in [2.24, 2.45) is 5.73 Å². The average molecular weight is 197 g/mol. The van der Waals surface area contributed by atoms with Crippen LogP contribution in [0.5, 0.6) is 0 Å². The molecule has 0 spiro atoms. The SMILES string of the molecule is C=CCC1NC(=O)N(CC(N)=O)C1=O. The third kappa shape index (κ3) is 1.90. The van der Waals surface area contributed by atoms with Gasteiger partial charge in [0.15, 0.2) is 0 Å². The third-order valence-corrected chi connectivity index (χ3v) is 1.82. The van der Waals surface area contributed by atoms with Crippen LogP contribution in [0.15, 0.2) is 12.7 Å². The van der Waals surface area contributed by atoms with Crippen molar-refractivity contribution in [1.29, 1.82) is 0 Å². The maximum Gasteiger partial charge on any atom is 0.325 e. The van der Waals surface area contributed by atoms with Gasteiger partial charge in [-0.3, -0.25) is 14.5 Å². The lowest BCUT2D eigenvalue weighted by molar-refractivity contribution is -0.131. The van der Waals surface area contributed by atoms with Gasteiger partial charge in [-0.25, -0.2) is 4.79 Å². The molecule has 0 radical (unpaired) electrons. The summed E-state index contributed by atoms with van der Waals surface area (Å²) in [5.74, 6) is -1.15. The number of carbonyl (C=O) groups is 3. The van der Waals surface area contributed by atoms with Crippen LogP contribution >= 0.6 is 0 Å². The summed E-state index contributed by atoms with van der Waals surface area (Å²) in [4.78, 5) is 33.9. The zero-order chi connectivity index (χ0) is 10.7. The predicted octanol–water partition coefficient (Wildman–Crippen LogP) is -1.03. The lowest BCUT2D eigenvalue weighted by Crippen LogP contribution is -2.38. The second-order valence-corrected chi connectivity index (χ2v) is 2.92. The van der Waals surface area contributed by atoms with E-state index in [1.54, 1.807) is 0 Å². The molecule has 1 atom stereocenters. The Balaban J connectivity index is 2.69. The lowest BCUT2D eigenvalue weighted by Gasteiger charge is -2.09. The molecule has 1 unspecified atom stereocenters. The summed E-state index contributed by atoms with van der Waals surface area (Å²) in [6, 6.07) is -1.19. The molecule has 1 aliphatic heterocycles. The second-order valence-electron chi connectivity index (χ2n) is 2.92. The van der Waals surface area contributed by atoms with Crippen molar-refractivity contribution in [2.75, 3.05) is 6.54 Å². The third-order valence-electron chi connectivity index (χ3n) is 1.82. The van der Waals surface area contributed by atoms with Crippen molar-refractivity contribution in [3.05, 3.63) is 12.7 Å². The van der Waals surface area contributed by atoms with Crippen LogP contribution in [-0.2, 0) is 9.59 Å². The minimum atomic E-state index is -0.715. The number of nitrogens with two attached hydrogens (primary N) is 1. The van der Waals surface area contributed by atoms with Crippen LogP contribution in [0.3, 0.4) is 0 Å². The van der Waals surface area contributed by atoms with Crippen LogP contribution in [0.25, 0.3) is 0 Å². The van der Waals surface area contributed by atoms with Gasteiger partial charge in [0.1, 0.15) is 12.6 Å². The van der Waals surface area contributed by atoms with Crippen LogP contribution in [-0.4, -0.2) is 35.3 Å². The summed E-state index contributed by atoms with van der Waals surface area (Å²) < 4.78 is 0. The molecular weight excluding hydrogens is 186 g/mol. The van der Waals surface area contributed by atoms with Crippen molar-refractivity contribution in [3.63, 3.8) is 0 Å². The Morgan fingerprint density at radius 3 is 2.79 bits per heavy atom. The fourth-order valence-corrected chi connectivity index (χ4v) is 1.21. The quantitative estimate of drug-likeness (QED) is 0.445. The summed E-state index contributed by atoms with van der Waals surface area (Å²) >= 11 is 0. The number of imide groups is 1. The van der Waals surface area contributed by atoms with E-state index in [2.05, 4.69) is 11.9 Å². The number of nitrogens with zero attached hydrogens (tertiary/aromatic N) is 1. The van der Waals surface area contributed by atoms with Gasteiger partial charge in [0.05, 0.1) is 0 Å². The molecule has 1 heterocycles. The molecule has 1 saturated heterocycles. The molecule has 1 aliphatic rings. The summed E-state index contributed by atoms with van der Waals surface area (Å²) in [5.41, 5.74) is 4.88. The number of hydrogen-bond donors (Lipinski definition) is 2. The Morgan fingerprint density at radius 2 is 2.29 bits per heavy atom. The van der Waals surface area contributed by atoms with Gasteiger partial charge >= 0.3 is 6.03 Å². The monoisotopic (exact) mass is 197 g/mol. The van der Waals surface area contributed by atoms with E-state index < -0.39 is 23.9 Å². The molecule has 4 amide bonds. The number of primary amides is 1. The molecular formula is C8H11N3O3. The van der Waals surface area contributed by atoms with E-state index in [0.717, 1.165) is 4.90 Å². The Morgan fingerprint density at radius 1 is 1.64 bits per heavy atom. The molecule has 0 bridgehead atoms. The molecule has 1 fully saturated rings. The maximum atomic E-state index is 11.4. The molecule has 0 aromatic rings. The van der Waals surface area contributed by atoms with Crippen molar-refractivity contribution >= 4 is 17.8 Å². The first-order valence-electron chi connectivity index (χ1n) is 4.07. The van der Waals surface area contributed by atoms with Crippen LogP contribution in [0.4, 0.5) is 4.79 Å². The first kappa shape index (κ1) is 10.2. The average Bonchev–Trinajstić information content (AvgIpc) is 2.33. The number of carbonyl (C=O) groups excluding carboxylic acids is 3. The summed E-state index contributed by atoms with van der Waals surface area (Å²) in [5, 5.41) is 2.42. The molecule has 1 rings (SSSR count). The molecule has 14 heavy (non-hydrogen) atoms. The first-order valence-corrected chi connectivity index (χ1v) is 4.07. The van der Waals surface area contributed by atoms with Gasteiger partial charge in [-0.1, -0.05) is 6.08 Å². The lowest BCUT2D eigenvalue weighted by atomic mass is 10.2. The van der Waals surface area contributed by atoms with Crippen molar-refractivity contribution in [1.82, 2.24) is 10.2 Å². The Hall–Kier alpha value is -1.85. The Kier molecular flexibility index (Phi) is 2.85. The van der Waals surface area contributed by atoms with Gasteiger partial charge in [-0.05, 0) is 6.42 Å². The minimum absolute atomic E-state index is 0.347. The first-order chi connectivity index (χ1) is 6.56. The highest BCUT2D eigenvalue weighted by atomic mass is 16.2. The fraction of sp³-hybridized carbons (Fsp3) is 0.375. The van der Waals surface area contributed by atoms with Gasteiger partial charge in [0.2, 0.25) is 5.91 Å². The van der Waals surface area contributed by atoms with E-state index in [4.69, 9.17) is 5.73 Å². The van der Waals surface area contributed by atoms with Gasteiger partial charge in [0, 0.05) is 0 Å². The van der Waals surface area contributed by atoms with E-state index in [1.165, 1.54) is 6.08 Å². The normalized spacial score (nSPS) is 20.9. The van der Waals surface area contributed by atoms with E-state index in [-0.39, 0.29) is 6.54 Å². The summed E-state index contributed by atoms with van der Waals surface area (Å²) in [6.45, 7) is 3.08. The molecule has 76 valence electrons. The van der Waals surface area contributed by atoms with E-state index in [0.29, 0.717) is 6.42 Å². The van der Waals surface area contributed by atoms with E-state index in [9.17, 15) is 14.4 Å². The predicted molar refractivity (Wildman–Crippen MR) is 48.0 cm³/mol. The zero-order valence-electron chi connectivity index (χ0n) is 7.53. The number of nitrogens with one attached hydrogen (secondary N) is 1. The molecule has 0 saturated carbocycles. The van der Waals surface area contributed by atoms with Crippen LogP contribution in [0.2, 0.25) is 0 Å². The van der Waals surface area contributed by atoms with Gasteiger partial charge in [-0.15, -0.1) is 6.58 Å². The molecule has 6 nitrogen and oxygen atoms in total. The number of hydrogen-bond acceptors (Lipinski definition) is 3. The zero-order valence-corrected chi connectivity index (χ0v) is 7.53. The van der Waals surface area contributed by atoms with Crippen molar-refractivity contribution in [3.8, 4) is 0 Å². The van der Waals surface area contributed by atoms with Crippen LogP contribution in [0, 0.1) is 0 Å². The number of urea groups is 1. The van der Waals surface area contributed by atoms with Crippen molar-refractivity contribution < 1.29 is 14.4 Å². The minimum Gasteiger partial charge on any atom is -0.368 e. The Labute approximate surface area is 80.7 Å². The van der Waals surface area contributed by atoms with Gasteiger partial charge in [0.25, 0.3) is 5.91 Å². The highest BCUT2D eigenvalue weighted by Gasteiger charge is 2.37. The molecule has 0 aromatic carbocycles. The van der Waals surface area contributed by atoms with Gasteiger partial charge in [-0.2, -0.15) is 0 Å². The second kappa shape index (κ2) is 3.91. The van der Waals surface area contributed by atoms with E-state index in [1.807, 2.05) is 0 Å². The maximum absolute atomic E-state index is 11.4. The summed E-state index contributed by atoms with van der Waals surface area (Å²) in [7, 11) is 0. The topological polar surface area (TPSA) is 92.5 Å². The Bertz CT molecular complexity index is 300. The fourth-order valence-electron chi connectivity index (χ4n) is 1.21. The largest absolute Gasteiger partial charge is 0.368 e. The van der Waals surface area contributed by atoms with Gasteiger partial charge < -0.3 is 11.1 Å². The highest BCUT2D eigenvalue weighted by molar-refractivity contribution is 6.06. The highest BCUT2D eigenvalue weighted by Crippen LogP contribution is 2.08. The molecule has 3 N–H and O–H groups in total. The summed E-state index contributed by atoms with van der Waals surface area (Å²) in [6.07, 6.45) is 1.87. The van der Waals surface area contributed by atoms with Crippen LogP contribution in [0.1, 0.15) is 6.42 Å². The van der Waals surface area contributed by atoms with E-state index >= 15 is 0 Å². The van der Waals surface area contributed by atoms with Crippen molar-refractivity contribution in [2.45, 2.75) is 12.5 Å². The standard InChI is InChI=1S/C8H11N3O3/c1-2-3-5-7(13)11(4-6(9)12)8(14)10-5/h2,5H,1,3-4H2,(H2,9,12)(H,10,14). The number of amides is 4. The van der Waals surface area contributed by atoms with Crippen LogP contribution < -0.4 is 11.1 Å². The molecule has 0 aliphatic carbocycles. The molecule has 0 aromatic heterocycles. The smallest absolute Gasteiger partial charge is 0.325 e. The molecule has 6 heteroatoms.